The summed E-state index contributed by atoms with van der Waals surface area (Å²) < 4.78 is 32.6. The molecule has 20 heavy (non-hydrogen) atoms. The summed E-state index contributed by atoms with van der Waals surface area (Å²) in [5, 5.41) is 3.32. The maximum atomic E-state index is 12.3. The third-order valence-corrected chi connectivity index (χ3v) is 5.26. The SMILES string of the molecule is C[C@H]1Cc2cc(S(=O)(=O)NC[C@H]3CCCO3)ccc2N1. The monoisotopic (exact) mass is 296 g/mol. The molecule has 0 aromatic heterocycles. The van der Waals surface area contributed by atoms with Crippen LogP contribution in [-0.2, 0) is 21.2 Å². The number of anilines is 1. The van der Waals surface area contributed by atoms with Gasteiger partial charge in [0.1, 0.15) is 0 Å². The maximum absolute atomic E-state index is 12.3. The quantitative estimate of drug-likeness (QED) is 0.883. The first-order chi connectivity index (χ1) is 9.54. The number of fused-ring (bicyclic) bond motifs is 1. The van der Waals surface area contributed by atoms with Crippen molar-refractivity contribution in [3.05, 3.63) is 23.8 Å². The summed E-state index contributed by atoms with van der Waals surface area (Å²) in [5.74, 6) is 0. The van der Waals surface area contributed by atoms with Crippen molar-refractivity contribution in [1.29, 1.82) is 0 Å². The summed E-state index contributed by atoms with van der Waals surface area (Å²) in [6.07, 6.45) is 2.81. The highest BCUT2D eigenvalue weighted by Gasteiger charge is 2.23. The zero-order chi connectivity index (χ0) is 14.2. The molecule has 1 saturated heterocycles. The van der Waals surface area contributed by atoms with Crippen molar-refractivity contribution in [2.45, 2.75) is 43.2 Å². The van der Waals surface area contributed by atoms with E-state index in [0.29, 0.717) is 17.5 Å². The topological polar surface area (TPSA) is 67.4 Å². The molecular formula is C14H20N2O3S. The summed E-state index contributed by atoms with van der Waals surface area (Å²) in [6.45, 7) is 3.17. The number of benzene rings is 1. The highest BCUT2D eigenvalue weighted by atomic mass is 32.2. The minimum absolute atomic E-state index is 0.0147. The van der Waals surface area contributed by atoms with Gasteiger partial charge in [-0.3, -0.25) is 0 Å². The zero-order valence-corrected chi connectivity index (χ0v) is 12.4. The first-order valence-corrected chi connectivity index (χ1v) is 8.54. The third kappa shape index (κ3) is 2.82. The predicted molar refractivity (Wildman–Crippen MR) is 77.4 cm³/mol. The van der Waals surface area contributed by atoms with Gasteiger partial charge in [-0.15, -0.1) is 0 Å². The third-order valence-electron chi connectivity index (χ3n) is 3.84. The fraction of sp³-hybridized carbons (Fsp3) is 0.571. The number of hydrogen-bond acceptors (Lipinski definition) is 4. The van der Waals surface area contributed by atoms with Crippen LogP contribution in [-0.4, -0.2) is 33.7 Å². The van der Waals surface area contributed by atoms with Gasteiger partial charge < -0.3 is 10.1 Å². The molecule has 110 valence electrons. The van der Waals surface area contributed by atoms with Crippen LogP contribution in [0.3, 0.4) is 0 Å². The van der Waals surface area contributed by atoms with Crippen LogP contribution >= 0.6 is 0 Å². The number of hydrogen-bond donors (Lipinski definition) is 2. The van der Waals surface area contributed by atoms with Gasteiger partial charge in [0, 0.05) is 24.9 Å². The molecule has 3 rings (SSSR count). The number of sulfonamides is 1. The van der Waals surface area contributed by atoms with E-state index in [0.717, 1.165) is 37.1 Å². The number of nitrogens with one attached hydrogen (secondary N) is 2. The molecule has 6 heteroatoms. The van der Waals surface area contributed by atoms with Gasteiger partial charge in [0.25, 0.3) is 0 Å². The van der Waals surface area contributed by atoms with Gasteiger partial charge in [-0.25, -0.2) is 13.1 Å². The summed E-state index contributed by atoms with van der Waals surface area (Å²) in [4.78, 5) is 0.338. The number of rotatable bonds is 4. The van der Waals surface area contributed by atoms with Gasteiger partial charge in [0.2, 0.25) is 10.0 Å². The Morgan fingerprint density at radius 1 is 1.45 bits per heavy atom. The molecule has 2 N–H and O–H groups in total. The minimum atomic E-state index is -3.44. The van der Waals surface area contributed by atoms with Crippen LogP contribution in [0.25, 0.3) is 0 Å². The molecule has 0 saturated carbocycles. The van der Waals surface area contributed by atoms with Crippen LogP contribution in [0.15, 0.2) is 23.1 Å². The standard InChI is InChI=1S/C14H20N2O3S/c1-10-7-11-8-13(4-5-14(11)16-10)20(17,18)15-9-12-3-2-6-19-12/h4-5,8,10,12,15-16H,2-3,6-7,9H2,1H3/t10-,12+/m0/s1. The van der Waals surface area contributed by atoms with E-state index >= 15 is 0 Å². The molecule has 0 radical (unpaired) electrons. The Bertz CT molecular complexity index is 594. The smallest absolute Gasteiger partial charge is 0.240 e. The molecule has 0 amide bonds. The zero-order valence-electron chi connectivity index (χ0n) is 11.6. The van der Waals surface area contributed by atoms with Crippen molar-refractivity contribution in [3.63, 3.8) is 0 Å². The molecule has 0 unspecified atom stereocenters. The molecule has 1 aromatic carbocycles. The second-order valence-electron chi connectivity index (χ2n) is 5.56. The largest absolute Gasteiger partial charge is 0.382 e. The average Bonchev–Trinajstić information content (AvgIpc) is 3.03. The van der Waals surface area contributed by atoms with Gasteiger partial charge in [-0.1, -0.05) is 0 Å². The molecule has 0 bridgehead atoms. The summed E-state index contributed by atoms with van der Waals surface area (Å²) in [7, 11) is -3.44. The fourth-order valence-electron chi connectivity index (χ4n) is 2.78. The molecular weight excluding hydrogens is 276 g/mol. The van der Waals surface area contributed by atoms with Crippen LogP contribution in [0.2, 0.25) is 0 Å². The van der Waals surface area contributed by atoms with Crippen LogP contribution in [0.5, 0.6) is 0 Å². The normalized spacial score (nSPS) is 25.4. The lowest BCUT2D eigenvalue weighted by Gasteiger charge is -2.12. The highest BCUT2D eigenvalue weighted by Crippen LogP contribution is 2.28. The molecule has 1 aromatic rings. The molecule has 2 heterocycles. The summed E-state index contributed by atoms with van der Waals surface area (Å²) in [6, 6.07) is 5.63. The van der Waals surface area contributed by atoms with Crippen molar-refractivity contribution in [2.75, 3.05) is 18.5 Å². The van der Waals surface area contributed by atoms with Crippen LogP contribution in [0.1, 0.15) is 25.3 Å². The Morgan fingerprint density at radius 2 is 2.30 bits per heavy atom. The summed E-state index contributed by atoms with van der Waals surface area (Å²) in [5.41, 5.74) is 2.10. The first kappa shape index (κ1) is 13.9. The molecule has 5 nitrogen and oxygen atoms in total. The molecule has 2 atom stereocenters. The Morgan fingerprint density at radius 3 is 3.05 bits per heavy atom. The molecule has 0 aliphatic carbocycles. The van der Waals surface area contributed by atoms with Crippen LogP contribution in [0, 0.1) is 0 Å². The van der Waals surface area contributed by atoms with Gasteiger partial charge in [0.05, 0.1) is 11.0 Å². The minimum Gasteiger partial charge on any atom is -0.382 e. The van der Waals surface area contributed by atoms with Crippen molar-refractivity contribution in [3.8, 4) is 0 Å². The Hall–Kier alpha value is -1.11. The second kappa shape index (κ2) is 5.35. The van der Waals surface area contributed by atoms with Crippen molar-refractivity contribution in [2.24, 2.45) is 0 Å². The predicted octanol–water partition coefficient (Wildman–Crippen LogP) is 1.50. The molecule has 2 aliphatic heterocycles. The lowest BCUT2D eigenvalue weighted by Crippen LogP contribution is -2.31. The average molecular weight is 296 g/mol. The highest BCUT2D eigenvalue weighted by molar-refractivity contribution is 7.89. The maximum Gasteiger partial charge on any atom is 0.240 e. The van der Waals surface area contributed by atoms with Gasteiger partial charge in [0.15, 0.2) is 0 Å². The Balaban J connectivity index is 1.72. The lowest BCUT2D eigenvalue weighted by molar-refractivity contribution is 0.114. The van der Waals surface area contributed by atoms with E-state index in [4.69, 9.17) is 4.74 Å². The number of ether oxygens (including phenoxy) is 1. The molecule has 0 spiro atoms. The van der Waals surface area contributed by atoms with E-state index in [1.807, 2.05) is 6.07 Å². The van der Waals surface area contributed by atoms with Gasteiger partial charge in [-0.05, 0) is 49.9 Å². The Labute approximate surface area is 119 Å². The van der Waals surface area contributed by atoms with Crippen molar-refractivity contribution < 1.29 is 13.2 Å². The van der Waals surface area contributed by atoms with E-state index in [2.05, 4.69) is 17.0 Å². The van der Waals surface area contributed by atoms with Crippen molar-refractivity contribution in [1.82, 2.24) is 4.72 Å². The van der Waals surface area contributed by atoms with Crippen LogP contribution in [0.4, 0.5) is 5.69 Å². The van der Waals surface area contributed by atoms with E-state index < -0.39 is 10.0 Å². The van der Waals surface area contributed by atoms with E-state index in [9.17, 15) is 8.42 Å². The Kier molecular flexibility index (Phi) is 3.70. The lowest BCUT2D eigenvalue weighted by atomic mass is 10.1. The molecule has 1 fully saturated rings. The van der Waals surface area contributed by atoms with Crippen molar-refractivity contribution >= 4 is 15.7 Å². The van der Waals surface area contributed by atoms with Gasteiger partial charge >= 0.3 is 0 Å². The van der Waals surface area contributed by atoms with E-state index in [1.165, 1.54) is 0 Å². The molecule has 2 aliphatic rings. The van der Waals surface area contributed by atoms with Crippen LogP contribution < -0.4 is 10.0 Å². The van der Waals surface area contributed by atoms with Gasteiger partial charge in [-0.2, -0.15) is 0 Å². The summed E-state index contributed by atoms with van der Waals surface area (Å²) >= 11 is 0. The van der Waals surface area contributed by atoms with E-state index in [-0.39, 0.29) is 6.10 Å². The first-order valence-electron chi connectivity index (χ1n) is 7.05. The fourth-order valence-corrected chi connectivity index (χ4v) is 3.90. The van der Waals surface area contributed by atoms with E-state index in [1.54, 1.807) is 12.1 Å². The second-order valence-corrected chi connectivity index (χ2v) is 7.32.